The molecule has 0 spiro atoms. The molecule has 0 atom stereocenters. The Hall–Kier alpha value is -2.15. The van der Waals surface area contributed by atoms with E-state index in [-0.39, 0.29) is 23.3 Å². The monoisotopic (exact) mass is 292 g/mol. The van der Waals surface area contributed by atoms with Crippen LogP contribution in [0.2, 0.25) is 0 Å². The van der Waals surface area contributed by atoms with E-state index in [1.165, 1.54) is 13.0 Å². The van der Waals surface area contributed by atoms with Crippen molar-refractivity contribution in [3.63, 3.8) is 0 Å². The Morgan fingerprint density at radius 2 is 2.14 bits per heavy atom. The lowest BCUT2D eigenvalue weighted by Crippen LogP contribution is -2.43. The van der Waals surface area contributed by atoms with Gasteiger partial charge in [-0.1, -0.05) is 6.07 Å². The number of amides is 1. The van der Waals surface area contributed by atoms with Crippen LogP contribution in [-0.2, 0) is 11.3 Å². The largest absolute Gasteiger partial charge is 0.393 e. The second-order valence-electron chi connectivity index (χ2n) is 5.40. The minimum atomic E-state index is -0.474. The lowest BCUT2D eigenvalue weighted by atomic mass is 10.0. The van der Waals surface area contributed by atoms with Gasteiger partial charge in [-0.15, -0.1) is 0 Å². The molecule has 1 saturated heterocycles. The number of piperidine rings is 1. The van der Waals surface area contributed by atoms with Crippen molar-refractivity contribution in [2.75, 3.05) is 18.8 Å². The number of benzene rings is 1. The van der Waals surface area contributed by atoms with Crippen LogP contribution in [0.25, 0.3) is 0 Å². The van der Waals surface area contributed by atoms with Gasteiger partial charge in [-0.3, -0.25) is 19.8 Å². The lowest BCUT2D eigenvalue weighted by Gasteiger charge is -2.32. The van der Waals surface area contributed by atoms with Gasteiger partial charge in [-0.2, -0.15) is 0 Å². The Morgan fingerprint density at radius 3 is 2.67 bits per heavy atom. The maximum absolute atomic E-state index is 11.0. The number of nitro groups is 1. The van der Waals surface area contributed by atoms with Gasteiger partial charge in [0.1, 0.15) is 5.69 Å². The molecule has 1 heterocycles. The molecule has 0 bridgehead atoms. The molecular formula is C14H20N4O3. The molecule has 1 aromatic rings. The van der Waals surface area contributed by atoms with Gasteiger partial charge in [0, 0.05) is 38.7 Å². The molecule has 0 saturated carbocycles. The van der Waals surface area contributed by atoms with E-state index in [2.05, 4.69) is 10.2 Å². The molecule has 1 aromatic carbocycles. The van der Waals surface area contributed by atoms with Crippen molar-refractivity contribution in [2.24, 2.45) is 0 Å². The second-order valence-corrected chi connectivity index (χ2v) is 5.40. The first-order valence-corrected chi connectivity index (χ1v) is 6.98. The van der Waals surface area contributed by atoms with E-state index < -0.39 is 4.92 Å². The standard InChI is InChI=1S/C14H20N4O3/c1-10(19)16-12-4-6-17(7-5-12)9-11-2-3-14(18(20)21)13(15)8-11/h2-3,8,12H,4-7,9,15H2,1H3,(H,16,19). The number of likely N-dealkylation sites (tertiary alicyclic amines) is 1. The van der Waals surface area contributed by atoms with Crippen molar-refractivity contribution in [3.8, 4) is 0 Å². The van der Waals surface area contributed by atoms with Gasteiger partial charge in [-0.25, -0.2) is 0 Å². The van der Waals surface area contributed by atoms with Crippen molar-refractivity contribution >= 4 is 17.3 Å². The molecule has 21 heavy (non-hydrogen) atoms. The van der Waals surface area contributed by atoms with Crippen LogP contribution in [-0.4, -0.2) is 34.9 Å². The summed E-state index contributed by atoms with van der Waals surface area (Å²) in [5.41, 5.74) is 6.81. The number of carbonyl (C=O) groups excluding carboxylic acids is 1. The third-order valence-corrected chi connectivity index (χ3v) is 3.69. The van der Waals surface area contributed by atoms with Crippen molar-refractivity contribution in [1.29, 1.82) is 0 Å². The fourth-order valence-corrected chi connectivity index (χ4v) is 2.65. The van der Waals surface area contributed by atoms with E-state index in [0.29, 0.717) is 0 Å². The Bertz CT molecular complexity index is 539. The molecule has 0 unspecified atom stereocenters. The molecule has 7 nitrogen and oxygen atoms in total. The molecule has 0 aliphatic carbocycles. The highest BCUT2D eigenvalue weighted by Crippen LogP contribution is 2.23. The number of nitrogen functional groups attached to an aromatic ring is 1. The molecule has 7 heteroatoms. The third kappa shape index (κ3) is 4.16. The van der Waals surface area contributed by atoms with Gasteiger partial charge in [0.25, 0.3) is 5.69 Å². The van der Waals surface area contributed by atoms with Crippen LogP contribution in [0.1, 0.15) is 25.3 Å². The smallest absolute Gasteiger partial charge is 0.292 e. The fourth-order valence-electron chi connectivity index (χ4n) is 2.65. The molecule has 1 amide bonds. The Morgan fingerprint density at radius 1 is 1.48 bits per heavy atom. The van der Waals surface area contributed by atoms with E-state index in [9.17, 15) is 14.9 Å². The summed E-state index contributed by atoms with van der Waals surface area (Å²) in [5.74, 6) is 0.0107. The number of anilines is 1. The molecular weight excluding hydrogens is 272 g/mol. The fraction of sp³-hybridized carbons (Fsp3) is 0.500. The first-order chi connectivity index (χ1) is 9.95. The zero-order chi connectivity index (χ0) is 15.4. The van der Waals surface area contributed by atoms with Crippen LogP contribution in [0.3, 0.4) is 0 Å². The zero-order valence-electron chi connectivity index (χ0n) is 12.0. The summed E-state index contributed by atoms with van der Waals surface area (Å²) in [4.78, 5) is 23.5. The number of nitrogens with one attached hydrogen (secondary N) is 1. The van der Waals surface area contributed by atoms with Crippen molar-refractivity contribution in [3.05, 3.63) is 33.9 Å². The highest BCUT2D eigenvalue weighted by molar-refractivity contribution is 5.73. The first kappa shape index (κ1) is 15.2. The molecule has 1 aliphatic rings. The van der Waals surface area contributed by atoms with Gasteiger partial charge in [0.15, 0.2) is 0 Å². The van der Waals surface area contributed by atoms with Crippen LogP contribution >= 0.6 is 0 Å². The summed E-state index contributed by atoms with van der Waals surface area (Å²) in [7, 11) is 0. The molecule has 1 aliphatic heterocycles. The zero-order valence-corrected chi connectivity index (χ0v) is 12.0. The van der Waals surface area contributed by atoms with E-state index in [4.69, 9.17) is 5.73 Å². The van der Waals surface area contributed by atoms with Crippen molar-refractivity contribution < 1.29 is 9.72 Å². The Balaban J connectivity index is 1.90. The summed E-state index contributed by atoms with van der Waals surface area (Å²) < 4.78 is 0. The van der Waals surface area contributed by atoms with Crippen LogP contribution in [0.4, 0.5) is 11.4 Å². The number of hydrogen-bond acceptors (Lipinski definition) is 5. The third-order valence-electron chi connectivity index (χ3n) is 3.69. The molecule has 2 rings (SSSR count). The van der Waals surface area contributed by atoms with Gasteiger partial charge >= 0.3 is 0 Å². The topological polar surface area (TPSA) is 102 Å². The minimum Gasteiger partial charge on any atom is -0.393 e. The highest BCUT2D eigenvalue weighted by Gasteiger charge is 2.20. The quantitative estimate of drug-likeness (QED) is 0.494. The van der Waals surface area contributed by atoms with E-state index in [1.54, 1.807) is 12.1 Å². The van der Waals surface area contributed by atoms with Crippen LogP contribution in [0.15, 0.2) is 18.2 Å². The van der Waals surface area contributed by atoms with Crippen LogP contribution in [0.5, 0.6) is 0 Å². The first-order valence-electron chi connectivity index (χ1n) is 6.98. The molecule has 3 N–H and O–H groups in total. The highest BCUT2D eigenvalue weighted by atomic mass is 16.6. The number of rotatable bonds is 4. The number of nitrogens with two attached hydrogens (primary N) is 1. The van der Waals surface area contributed by atoms with Gasteiger partial charge < -0.3 is 11.1 Å². The Kier molecular flexibility index (Phi) is 4.74. The van der Waals surface area contributed by atoms with E-state index >= 15 is 0 Å². The van der Waals surface area contributed by atoms with Crippen LogP contribution in [0, 0.1) is 10.1 Å². The van der Waals surface area contributed by atoms with E-state index in [0.717, 1.165) is 38.0 Å². The average Bonchev–Trinajstić information content (AvgIpc) is 2.40. The van der Waals surface area contributed by atoms with Crippen molar-refractivity contribution in [2.45, 2.75) is 32.4 Å². The maximum Gasteiger partial charge on any atom is 0.292 e. The summed E-state index contributed by atoms with van der Waals surface area (Å²) in [6.07, 6.45) is 1.84. The predicted octanol–water partition coefficient (Wildman–Crippen LogP) is 1.28. The van der Waals surface area contributed by atoms with Crippen LogP contribution < -0.4 is 11.1 Å². The molecule has 1 fully saturated rings. The van der Waals surface area contributed by atoms with Gasteiger partial charge in [-0.05, 0) is 24.5 Å². The number of nitro benzene ring substituents is 1. The summed E-state index contributed by atoms with van der Waals surface area (Å²) in [5, 5.41) is 13.7. The summed E-state index contributed by atoms with van der Waals surface area (Å²) in [6, 6.07) is 5.11. The summed E-state index contributed by atoms with van der Waals surface area (Å²) in [6.45, 7) is 4.03. The maximum atomic E-state index is 11.0. The normalized spacial score (nSPS) is 16.6. The molecule has 0 aromatic heterocycles. The van der Waals surface area contributed by atoms with E-state index in [1.807, 2.05) is 0 Å². The van der Waals surface area contributed by atoms with Gasteiger partial charge in [0.05, 0.1) is 4.92 Å². The average molecular weight is 292 g/mol. The molecule has 114 valence electrons. The second kappa shape index (κ2) is 6.53. The minimum absolute atomic E-state index is 0.0107. The number of hydrogen-bond donors (Lipinski definition) is 2. The predicted molar refractivity (Wildman–Crippen MR) is 79.6 cm³/mol. The molecule has 0 radical (unpaired) electrons. The number of carbonyl (C=O) groups is 1. The SMILES string of the molecule is CC(=O)NC1CCN(Cc2ccc([N+](=O)[O-])c(N)c2)CC1. The number of nitrogens with zero attached hydrogens (tertiary/aromatic N) is 2. The summed E-state index contributed by atoms with van der Waals surface area (Å²) >= 11 is 0. The van der Waals surface area contributed by atoms with Gasteiger partial charge in [0.2, 0.25) is 5.91 Å². The Labute approximate surface area is 123 Å². The van der Waals surface area contributed by atoms with Crippen molar-refractivity contribution in [1.82, 2.24) is 10.2 Å². The lowest BCUT2D eigenvalue weighted by molar-refractivity contribution is -0.383.